The highest BCUT2D eigenvalue weighted by Gasteiger charge is 2.32. The predicted molar refractivity (Wildman–Crippen MR) is 83.7 cm³/mol. The molecule has 6 heteroatoms. The van der Waals surface area contributed by atoms with E-state index in [2.05, 4.69) is 22.1 Å². The Hall–Kier alpha value is -1.69. The van der Waals surface area contributed by atoms with Gasteiger partial charge in [0.1, 0.15) is 6.10 Å². The average molecular weight is 304 g/mol. The van der Waals surface area contributed by atoms with Gasteiger partial charge in [-0.15, -0.1) is 5.10 Å². The molecule has 2 fully saturated rings. The molecule has 0 radical (unpaired) electrons. The zero-order valence-electron chi connectivity index (χ0n) is 13.4. The summed E-state index contributed by atoms with van der Waals surface area (Å²) in [5.41, 5.74) is 0.925. The number of anilines is 1. The van der Waals surface area contributed by atoms with Crippen LogP contribution in [0.2, 0.25) is 0 Å². The number of ether oxygens (including phenoxy) is 1. The fourth-order valence-electron chi connectivity index (χ4n) is 3.22. The van der Waals surface area contributed by atoms with Crippen LogP contribution in [0.4, 0.5) is 5.82 Å². The van der Waals surface area contributed by atoms with Crippen molar-refractivity contribution in [3.05, 3.63) is 17.8 Å². The van der Waals surface area contributed by atoms with E-state index in [1.165, 1.54) is 0 Å². The highest BCUT2D eigenvalue weighted by molar-refractivity contribution is 5.81. The zero-order valence-corrected chi connectivity index (χ0v) is 13.4. The monoisotopic (exact) mass is 304 g/mol. The highest BCUT2D eigenvalue weighted by Crippen LogP contribution is 2.22. The van der Waals surface area contributed by atoms with E-state index in [1.807, 2.05) is 24.0 Å². The normalized spacial score (nSPS) is 22.8. The van der Waals surface area contributed by atoms with Crippen LogP contribution < -0.4 is 4.90 Å². The molecule has 2 aliphatic rings. The molecule has 0 spiro atoms. The third-order valence-electron chi connectivity index (χ3n) is 4.67. The van der Waals surface area contributed by atoms with Crippen molar-refractivity contribution >= 4 is 11.7 Å². The molecule has 2 saturated heterocycles. The second-order valence-electron chi connectivity index (χ2n) is 6.20. The fraction of sp³-hybridized carbons (Fsp3) is 0.688. The number of amides is 1. The molecule has 2 aliphatic heterocycles. The van der Waals surface area contributed by atoms with E-state index in [1.54, 1.807) is 0 Å². The van der Waals surface area contributed by atoms with Gasteiger partial charge in [0.2, 0.25) is 0 Å². The maximum Gasteiger partial charge on any atom is 0.251 e. The first-order valence-corrected chi connectivity index (χ1v) is 8.08. The molecule has 0 unspecified atom stereocenters. The number of carbonyl (C=O) groups is 1. The minimum Gasteiger partial charge on any atom is -0.368 e. The van der Waals surface area contributed by atoms with E-state index >= 15 is 0 Å². The van der Waals surface area contributed by atoms with Gasteiger partial charge in [0.25, 0.3) is 5.91 Å². The van der Waals surface area contributed by atoms with Crippen LogP contribution in [0.5, 0.6) is 0 Å². The molecule has 1 amide bonds. The number of hydrogen-bond acceptors (Lipinski definition) is 5. The number of hydrogen-bond donors (Lipinski definition) is 0. The van der Waals surface area contributed by atoms with Crippen LogP contribution in [-0.2, 0) is 9.53 Å². The number of rotatable bonds is 3. The lowest BCUT2D eigenvalue weighted by Crippen LogP contribution is -2.48. The Morgan fingerprint density at radius 3 is 2.64 bits per heavy atom. The molecule has 0 aromatic carbocycles. The topological polar surface area (TPSA) is 58.6 Å². The molecule has 1 aromatic heterocycles. The molecule has 6 nitrogen and oxygen atoms in total. The molecular weight excluding hydrogens is 280 g/mol. The highest BCUT2D eigenvalue weighted by atomic mass is 16.5. The number of piperidine rings is 1. The summed E-state index contributed by atoms with van der Waals surface area (Å²) < 4.78 is 5.50. The number of aryl methyl sites for hydroxylation is 1. The molecule has 3 rings (SSSR count). The molecule has 1 aromatic rings. The quantitative estimate of drug-likeness (QED) is 0.844. The largest absolute Gasteiger partial charge is 0.368 e. The molecule has 0 N–H and O–H groups in total. The standard InChI is InChI=1S/C16H24N4O2/c1-12-5-6-15(18-17-12)19(2)13-7-9-20(10-8-13)16(21)14-4-3-11-22-14/h5-6,13-14H,3-4,7-11H2,1-2H3/t14-/m0/s1. The molecule has 120 valence electrons. The maximum absolute atomic E-state index is 12.3. The molecule has 1 atom stereocenters. The van der Waals surface area contributed by atoms with Gasteiger partial charge in [0.05, 0.1) is 5.69 Å². The third-order valence-corrected chi connectivity index (χ3v) is 4.67. The van der Waals surface area contributed by atoms with E-state index in [9.17, 15) is 4.79 Å². The molecule has 3 heterocycles. The lowest BCUT2D eigenvalue weighted by Gasteiger charge is -2.37. The first-order chi connectivity index (χ1) is 10.6. The number of likely N-dealkylation sites (tertiary alicyclic amines) is 1. The van der Waals surface area contributed by atoms with Gasteiger partial charge in [0.15, 0.2) is 5.82 Å². The van der Waals surface area contributed by atoms with Crippen molar-refractivity contribution in [1.82, 2.24) is 15.1 Å². The third kappa shape index (κ3) is 3.21. The maximum atomic E-state index is 12.3. The van der Waals surface area contributed by atoms with Gasteiger partial charge in [-0.3, -0.25) is 4.79 Å². The summed E-state index contributed by atoms with van der Waals surface area (Å²) in [6.45, 7) is 4.26. The van der Waals surface area contributed by atoms with Crippen LogP contribution in [0.25, 0.3) is 0 Å². The van der Waals surface area contributed by atoms with Gasteiger partial charge >= 0.3 is 0 Å². The summed E-state index contributed by atoms with van der Waals surface area (Å²) in [5.74, 6) is 1.07. The summed E-state index contributed by atoms with van der Waals surface area (Å²) in [6.07, 6.45) is 3.60. The second kappa shape index (κ2) is 6.60. The average Bonchev–Trinajstić information content (AvgIpc) is 3.09. The Kier molecular flexibility index (Phi) is 4.57. The SMILES string of the molecule is Cc1ccc(N(C)C2CCN(C(=O)[C@@H]3CCCO3)CC2)nn1. The lowest BCUT2D eigenvalue weighted by atomic mass is 10.0. The Morgan fingerprint density at radius 2 is 2.05 bits per heavy atom. The van der Waals surface area contributed by atoms with E-state index in [0.29, 0.717) is 6.04 Å². The first-order valence-electron chi connectivity index (χ1n) is 8.08. The van der Waals surface area contributed by atoms with Crippen molar-refractivity contribution < 1.29 is 9.53 Å². The van der Waals surface area contributed by atoms with Crippen LogP contribution in [-0.4, -0.2) is 59.9 Å². The van der Waals surface area contributed by atoms with Gasteiger partial charge in [-0.05, 0) is 44.7 Å². The Bertz CT molecular complexity index is 505. The predicted octanol–water partition coefficient (Wildman–Crippen LogP) is 1.39. The van der Waals surface area contributed by atoms with Crippen molar-refractivity contribution in [2.45, 2.75) is 44.8 Å². The van der Waals surface area contributed by atoms with Gasteiger partial charge < -0.3 is 14.5 Å². The smallest absolute Gasteiger partial charge is 0.251 e. The lowest BCUT2D eigenvalue weighted by molar-refractivity contribution is -0.141. The van der Waals surface area contributed by atoms with Crippen LogP contribution in [0, 0.1) is 6.92 Å². The Morgan fingerprint density at radius 1 is 1.27 bits per heavy atom. The van der Waals surface area contributed by atoms with Crippen LogP contribution in [0.1, 0.15) is 31.4 Å². The minimum atomic E-state index is -0.197. The first kappa shape index (κ1) is 15.2. The summed E-state index contributed by atoms with van der Waals surface area (Å²) in [5, 5.41) is 8.36. The van der Waals surface area contributed by atoms with Crippen LogP contribution in [0.3, 0.4) is 0 Å². The number of carbonyl (C=O) groups excluding carboxylic acids is 1. The summed E-state index contributed by atoms with van der Waals surface area (Å²) >= 11 is 0. The molecule has 0 aliphatic carbocycles. The van der Waals surface area contributed by atoms with Crippen molar-refractivity contribution in [1.29, 1.82) is 0 Å². The van der Waals surface area contributed by atoms with E-state index in [0.717, 1.165) is 56.9 Å². The van der Waals surface area contributed by atoms with E-state index in [4.69, 9.17) is 4.74 Å². The molecule has 22 heavy (non-hydrogen) atoms. The van der Waals surface area contributed by atoms with Crippen molar-refractivity contribution in [2.24, 2.45) is 0 Å². The van der Waals surface area contributed by atoms with Gasteiger partial charge in [-0.2, -0.15) is 5.10 Å². The number of nitrogens with zero attached hydrogens (tertiary/aromatic N) is 4. The second-order valence-corrected chi connectivity index (χ2v) is 6.20. The molecular formula is C16H24N4O2. The van der Waals surface area contributed by atoms with Gasteiger partial charge in [0, 0.05) is 32.8 Å². The fourth-order valence-corrected chi connectivity index (χ4v) is 3.22. The van der Waals surface area contributed by atoms with Crippen molar-refractivity contribution in [2.75, 3.05) is 31.6 Å². The molecule has 0 saturated carbocycles. The van der Waals surface area contributed by atoms with Gasteiger partial charge in [-0.1, -0.05) is 0 Å². The van der Waals surface area contributed by atoms with Gasteiger partial charge in [-0.25, -0.2) is 0 Å². The number of aromatic nitrogens is 2. The summed E-state index contributed by atoms with van der Waals surface area (Å²) in [4.78, 5) is 16.5. The van der Waals surface area contributed by atoms with Crippen molar-refractivity contribution in [3.8, 4) is 0 Å². The minimum absolute atomic E-state index is 0.175. The summed E-state index contributed by atoms with van der Waals surface area (Å²) in [6, 6.07) is 4.40. The Balaban J connectivity index is 1.54. The van der Waals surface area contributed by atoms with Crippen LogP contribution in [0.15, 0.2) is 12.1 Å². The van der Waals surface area contributed by atoms with E-state index < -0.39 is 0 Å². The van der Waals surface area contributed by atoms with Crippen molar-refractivity contribution in [3.63, 3.8) is 0 Å². The van der Waals surface area contributed by atoms with Crippen LogP contribution >= 0.6 is 0 Å². The Labute approximate surface area is 131 Å². The van der Waals surface area contributed by atoms with E-state index in [-0.39, 0.29) is 12.0 Å². The molecule has 0 bridgehead atoms. The zero-order chi connectivity index (χ0) is 15.5. The summed E-state index contributed by atoms with van der Waals surface area (Å²) in [7, 11) is 2.06.